The van der Waals surface area contributed by atoms with Crippen molar-refractivity contribution in [3.8, 4) is 17.2 Å². The van der Waals surface area contributed by atoms with Gasteiger partial charge in [0.05, 0.1) is 13.7 Å². The molecule has 1 heterocycles. The van der Waals surface area contributed by atoms with Crippen LogP contribution in [0.1, 0.15) is 19.7 Å². The van der Waals surface area contributed by atoms with E-state index in [2.05, 4.69) is 40.8 Å². The number of nitrogens with zero attached hydrogens (tertiary/aromatic N) is 2. The number of benzene rings is 2. The smallest absolute Gasteiger partial charge is 0.127 e. The summed E-state index contributed by atoms with van der Waals surface area (Å²) in [5, 5.41) is 0. The van der Waals surface area contributed by atoms with Gasteiger partial charge in [-0.15, -0.1) is 0 Å². The Morgan fingerprint density at radius 2 is 1.56 bits per heavy atom. The fourth-order valence-electron chi connectivity index (χ4n) is 2.60. The van der Waals surface area contributed by atoms with Crippen LogP contribution in [0, 0.1) is 0 Å². The first-order chi connectivity index (χ1) is 12.2. The lowest BCUT2D eigenvalue weighted by atomic mass is 10.2. The fourth-order valence-corrected chi connectivity index (χ4v) is 2.60. The number of imidazole rings is 1. The van der Waals surface area contributed by atoms with Crippen LogP contribution in [0.15, 0.2) is 60.9 Å². The zero-order chi connectivity index (χ0) is 17.6. The Hall–Kier alpha value is -2.95. The van der Waals surface area contributed by atoms with Crippen LogP contribution in [0.2, 0.25) is 0 Å². The van der Waals surface area contributed by atoms with Crippen LogP contribution in [-0.4, -0.2) is 23.1 Å². The zero-order valence-corrected chi connectivity index (χ0v) is 14.8. The van der Waals surface area contributed by atoms with Gasteiger partial charge in [-0.1, -0.05) is 0 Å². The van der Waals surface area contributed by atoms with Crippen LogP contribution in [0.25, 0.3) is 0 Å². The van der Waals surface area contributed by atoms with Gasteiger partial charge in [0.15, 0.2) is 0 Å². The third-order valence-electron chi connectivity index (χ3n) is 3.96. The average molecular weight is 337 g/mol. The van der Waals surface area contributed by atoms with Gasteiger partial charge < -0.3 is 19.4 Å². The Morgan fingerprint density at radius 3 is 2.08 bits per heavy atom. The predicted octanol–water partition coefficient (Wildman–Crippen LogP) is 4.63. The van der Waals surface area contributed by atoms with Crippen molar-refractivity contribution in [3.05, 3.63) is 66.7 Å². The topological polar surface area (TPSA) is 50.4 Å². The van der Waals surface area contributed by atoms with Crippen molar-refractivity contribution < 1.29 is 9.47 Å². The second kappa shape index (κ2) is 7.75. The Morgan fingerprint density at radius 1 is 0.960 bits per heavy atom. The molecule has 0 spiro atoms. The minimum atomic E-state index is 0.360. The molecule has 3 aromatic rings. The molecular formula is C20H23N3O2. The Labute approximate surface area is 148 Å². The van der Waals surface area contributed by atoms with E-state index in [1.54, 1.807) is 13.3 Å². The van der Waals surface area contributed by atoms with E-state index in [9.17, 15) is 0 Å². The summed E-state index contributed by atoms with van der Waals surface area (Å²) in [6.07, 6.45) is 3.62. The third-order valence-corrected chi connectivity index (χ3v) is 3.96. The summed E-state index contributed by atoms with van der Waals surface area (Å²) in [5.74, 6) is 3.35. The van der Waals surface area contributed by atoms with Crippen LogP contribution in [0.4, 0.5) is 5.69 Å². The molecular weight excluding hydrogens is 314 g/mol. The van der Waals surface area contributed by atoms with E-state index in [0.29, 0.717) is 6.04 Å². The highest BCUT2D eigenvalue weighted by Crippen LogP contribution is 2.27. The van der Waals surface area contributed by atoms with E-state index in [-0.39, 0.29) is 0 Å². The van der Waals surface area contributed by atoms with Crippen molar-refractivity contribution in [3.63, 3.8) is 0 Å². The molecule has 5 nitrogen and oxygen atoms in total. The first-order valence-electron chi connectivity index (χ1n) is 8.32. The SMILES string of the molecule is COc1ccc(Oc2ccc(N(Cc3ncc[nH]3)C(C)C)cc2)cc1. The number of anilines is 1. The largest absolute Gasteiger partial charge is 0.497 e. The quantitative estimate of drug-likeness (QED) is 0.683. The highest BCUT2D eigenvalue weighted by atomic mass is 16.5. The molecule has 2 aromatic carbocycles. The molecule has 25 heavy (non-hydrogen) atoms. The van der Waals surface area contributed by atoms with Crippen LogP contribution in [0.3, 0.4) is 0 Å². The summed E-state index contributed by atoms with van der Waals surface area (Å²) in [4.78, 5) is 9.76. The number of hydrogen-bond donors (Lipinski definition) is 1. The van der Waals surface area contributed by atoms with Crippen molar-refractivity contribution in [1.82, 2.24) is 9.97 Å². The molecule has 130 valence electrons. The van der Waals surface area contributed by atoms with E-state index in [1.807, 2.05) is 42.6 Å². The Bertz CT molecular complexity index is 766. The molecule has 1 aromatic heterocycles. The molecule has 0 aliphatic heterocycles. The summed E-state index contributed by atoms with van der Waals surface area (Å²) in [6, 6.07) is 16.0. The maximum absolute atomic E-state index is 5.89. The monoisotopic (exact) mass is 337 g/mol. The first kappa shape index (κ1) is 16.9. The summed E-state index contributed by atoms with van der Waals surface area (Å²) in [5.41, 5.74) is 1.13. The summed E-state index contributed by atoms with van der Waals surface area (Å²) < 4.78 is 11.0. The van der Waals surface area contributed by atoms with Gasteiger partial charge in [0, 0.05) is 24.1 Å². The van der Waals surface area contributed by atoms with Crippen molar-refractivity contribution in [2.75, 3.05) is 12.0 Å². The number of aromatic nitrogens is 2. The van der Waals surface area contributed by atoms with E-state index >= 15 is 0 Å². The molecule has 0 unspecified atom stereocenters. The third kappa shape index (κ3) is 4.32. The highest BCUT2D eigenvalue weighted by Gasteiger charge is 2.12. The fraction of sp³-hybridized carbons (Fsp3) is 0.250. The van der Waals surface area contributed by atoms with Gasteiger partial charge in [-0.05, 0) is 62.4 Å². The molecule has 0 radical (unpaired) electrons. The maximum Gasteiger partial charge on any atom is 0.127 e. The molecule has 0 aliphatic carbocycles. The normalized spacial score (nSPS) is 10.7. The number of hydrogen-bond acceptors (Lipinski definition) is 4. The number of H-pyrrole nitrogens is 1. The van der Waals surface area contributed by atoms with Gasteiger partial charge in [0.25, 0.3) is 0 Å². The molecule has 3 rings (SSSR count). The average Bonchev–Trinajstić information content (AvgIpc) is 3.14. The van der Waals surface area contributed by atoms with E-state index in [4.69, 9.17) is 9.47 Å². The lowest BCUT2D eigenvalue weighted by molar-refractivity contribution is 0.413. The van der Waals surface area contributed by atoms with Crippen LogP contribution < -0.4 is 14.4 Å². The summed E-state index contributed by atoms with van der Waals surface area (Å²) in [6.45, 7) is 5.08. The van der Waals surface area contributed by atoms with Gasteiger partial charge in [-0.2, -0.15) is 0 Å². The zero-order valence-electron chi connectivity index (χ0n) is 14.8. The van der Waals surface area contributed by atoms with E-state index in [0.717, 1.165) is 35.3 Å². The van der Waals surface area contributed by atoms with Crippen molar-refractivity contribution in [1.29, 1.82) is 0 Å². The molecule has 0 fully saturated rings. The molecule has 0 saturated carbocycles. The van der Waals surface area contributed by atoms with Gasteiger partial charge in [-0.3, -0.25) is 0 Å². The molecule has 1 N–H and O–H groups in total. The summed E-state index contributed by atoms with van der Waals surface area (Å²) >= 11 is 0. The molecule has 5 heteroatoms. The lowest BCUT2D eigenvalue weighted by Crippen LogP contribution is -2.30. The van der Waals surface area contributed by atoms with Gasteiger partial charge in [-0.25, -0.2) is 4.98 Å². The van der Waals surface area contributed by atoms with Gasteiger partial charge in [0.1, 0.15) is 23.1 Å². The first-order valence-corrected chi connectivity index (χ1v) is 8.32. The summed E-state index contributed by atoms with van der Waals surface area (Å²) in [7, 11) is 1.65. The Balaban J connectivity index is 1.71. The number of nitrogens with one attached hydrogen (secondary N) is 1. The molecule has 0 atom stereocenters. The minimum absolute atomic E-state index is 0.360. The second-order valence-electron chi connectivity index (χ2n) is 6.03. The number of aromatic amines is 1. The minimum Gasteiger partial charge on any atom is -0.497 e. The molecule has 0 bridgehead atoms. The lowest BCUT2D eigenvalue weighted by Gasteiger charge is -2.28. The van der Waals surface area contributed by atoms with Crippen molar-refractivity contribution >= 4 is 5.69 Å². The number of methoxy groups -OCH3 is 1. The van der Waals surface area contributed by atoms with Gasteiger partial charge >= 0.3 is 0 Å². The second-order valence-corrected chi connectivity index (χ2v) is 6.03. The highest BCUT2D eigenvalue weighted by molar-refractivity contribution is 5.50. The van der Waals surface area contributed by atoms with Crippen LogP contribution in [0.5, 0.6) is 17.2 Å². The Kier molecular flexibility index (Phi) is 5.23. The number of ether oxygens (including phenoxy) is 2. The number of rotatable bonds is 7. The molecule has 0 amide bonds. The van der Waals surface area contributed by atoms with E-state index in [1.165, 1.54) is 0 Å². The van der Waals surface area contributed by atoms with Crippen molar-refractivity contribution in [2.45, 2.75) is 26.4 Å². The standard InChI is InChI=1S/C20H23N3O2/c1-15(2)23(14-20-21-12-13-22-20)16-4-6-18(7-5-16)25-19-10-8-17(24-3)9-11-19/h4-13,15H,14H2,1-3H3,(H,21,22). The molecule has 0 aliphatic rings. The van der Waals surface area contributed by atoms with Gasteiger partial charge in [0.2, 0.25) is 0 Å². The predicted molar refractivity (Wildman–Crippen MR) is 99.4 cm³/mol. The van der Waals surface area contributed by atoms with Crippen LogP contribution in [-0.2, 0) is 6.54 Å². The van der Waals surface area contributed by atoms with Crippen LogP contribution >= 0.6 is 0 Å². The van der Waals surface area contributed by atoms with Crippen molar-refractivity contribution in [2.24, 2.45) is 0 Å². The maximum atomic E-state index is 5.89. The molecule has 0 saturated heterocycles. The van der Waals surface area contributed by atoms with E-state index < -0.39 is 0 Å².